The molecule has 0 spiro atoms. The van der Waals surface area contributed by atoms with Crippen LogP contribution in [-0.4, -0.2) is 10.0 Å². The van der Waals surface area contributed by atoms with Crippen LogP contribution < -0.4 is 0 Å². The summed E-state index contributed by atoms with van der Waals surface area (Å²) in [5.74, 6) is -0.538. The molecule has 0 aliphatic rings. The van der Waals surface area contributed by atoms with E-state index in [0.717, 1.165) is 6.07 Å². The third kappa shape index (κ3) is 1.84. The van der Waals surface area contributed by atoms with Gasteiger partial charge in [-0.05, 0) is 12.1 Å². The Morgan fingerprint density at radius 2 is 2.13 bits per heavy atom. The molecule has 74 valence electrons. The number of benzene rings is 1. The van der Waals surface area contributed by atoms with Gasteiger partial charge in [-0.1, -0.05) is 0 Å². The van der Waals surface area contributed by atoms with Crippen LogP contribution in [0.3, 0.4) is 0 Å². The SMILES string of the molecule is N#CCc1c(C#N)ccc(O)c1[N+](=O)[O-]. The number of rotatable bonds is 2. The first-order chi connectivity index (χ1) is 7.11. The highest BCUT2D eigenvalue weighted by Gasteiger charge is 2.22. The summed E-state index contributed by atoms with van der Waals surface area (Å²) >= 11 is 0. The average molecular weight is 203 g/mol. The molecule has 6 nitrogen and oxygen atoms in total. The van der Waals surface area contributed by atoms with Gasteiger partial charge < -0.3 is 5.11 Å². The summed E-state index contributed by atoms with van der Waals surface area (Å²) in [6, 6.07) is 5.76. The first kappa shape index (κ1) is 10.5. The molecule has 0 amide bonds. The van der Waals surface area contributed by atoms with Crippen molar-refractivity contribution in [1.82, 2.24) is 0 Å². The van der Waals surface area contributed by atoms with E-state index < -0.39 is 16.4 Å². The van der Waals surface area contributed by atoms with Gasteiger partial charge in [-0.2, -0.15) is 10.5 Å². The Morgan fingerprint density at radius 1 is 1.47 bits per heavy atom. The number of nitro groups is 1. The number of phenols is 1. The molecule has 0 aliphatic heterocycles. The normalized spacial score (nSPS) is 8.93. The van der Waals surface area contributed by atoms with E-state index in [1.807, 2.05) is 0 Å². The quantitative estimate of drug-likeness (QED) is 0.574. The maximum Gasteiger partial charge on any atom is 0.316 e. The van der Waals surface area contributed by atoms with Crippen molar-refractivity contribution in [3.63, 3.8) is 0 Å². The number of phenolic OH excluding ortho intramolecular Hbond substituents is 1. The largest absolute Gasteiger partial charge is 0.502 e. The average Bonchev–Trinajstić information content (AvgIpc) is 2.18. The van der Waals surface area contributed by atoms with Crippen LogP contribution in [0.1, 0.15) is 11.1 Å². The molecule has 0 aliphatic carbocycles. The van der Waals surface area contributed by atoms with E-state index in [-0.39, 0.29) is 17.5 Å². The molecule has 0 bridgehead atoms. The highest BCUT2D eigenvalue weighted by Crippen LogP contribution is 2.32. The molecule has 1 rings (SSSR count). The molecule has 1 aromatic carbocycles. The van der Waals surface area contributed by atoms with Gasteiger partial charge in [0.2, 0.25) is 0 Å². The Balaban J connectivity index is 3.54. The molecule has 1 N–H and O–H groups in total. The molecular weight excluding hydrogens is 198 g/mol. The fraction of sp³-hybridized carbons (Fsp3) is 0.111. The molecule has 0 saturated carbocycles. The zero-order valence-electron chi connectivity index (χ0n) is 7.47. The summed E-state index contributed by atoms with van der Waals surface area (Å²) in [5, 5.41) is 37.0. The minimum Gasteiger partial charge on any atom is -0.502 e. The molecule has 0 radical (unpaired) electrons. The van der Waals surface area contributed by atoms with Crippen LogP contribution in [0.4, 0.5) is 5.69 Å². The summed E-state index contributed by atoms with van der Waals surface area (Å²) in [4.78, 5) is 9.81. The van der Waals surface area contributed by atoms with Crippen LogP contribution in [0.25, 0.3) is 0 Å². The summed E-state index contributed by atoms with van der Waals surface area (Å²) < 4.78 is 0. The lowest BCUT2D eigenvalue weighted by molar-refractivity contribution is -0.386. The van der Waals surface area contributed by atoms with Crippen molar-refractivity contribution in [2.75, 3.05) is 0 Å². The predicted molar refractivity (Wildman–Crippen MR) is 48.8 cm³/mol. The first-order valence-electron chi connectivity index (χ1n) is 3.88. The lowest BCUT2D eigenvalue weighted by Crippen LogP contribution is -1.98. The summed E-state index contributed by atoms with van der Waals surface area (Å²) in [7, 11) is 0. The summed E-state index contributed by atoms with van der Waals surface area (Å²) in [6.07, 6.45) is -0.284. The minimum absolute atomic E-state index is 0.0288. The van der Waals surface area contributed by atoms with Crippen LogP contribution in [0.2, 0.25) is 0 Å². The fourth-order valence-corrected chi connectivity index (χ4v) is 1.19. The summed E-state index contributed by atoms with van der Waals surface area (Å²) in [5.41, 5.74) is -0.596. The third-order valence-corrected chi connectivity index (χ3v) is 1.82. The Hall–Kier alpha value is -2.60. The van der Waals surface area contributed by atoms with Crippen LogP contribution in [-0.2, 0) is 6.42 Å². The number of nitro benzene ring substituents is 1. The monoisotopic (exact) mass is 203 g/mol. The lowest BCUT2D eigenvalue weighted by atomic mass is 10.0. The molecule has 0 unspecified atom stereocenters. The molecular formula is C9H5N3O3. The number of hydrogen-bond acceptors (Lipinski definition) is 5. The van der Waals surface area contributed by atoms with Gasteiger partial charge in [0.05, 0.1) is 34.6 Å². The van der Waals surface area contributed by atoms with Crippen LogP contribution in [0, 0.1) is 32.8 Å². The number of nitriles is 2. The second kappa shape index (κ2) is 4.07. The van der Waals surface area contributed by atoms with E-state index in [9.17, 15) is 15.2 Å². The topological polar surface area (TPSA) is 111 Å². The third-order valence-electron chi connectivity index (χ3n) is 1.82. The van der Waals surface area contributed by atoms with E-state index in [1.54, 1.807) is 12.1 Å². The molecule has 0 aromatic heterocycles. The minimum atomic E-state index is -0.803. The zero-order chi connectivity index (χ0) is 11.4. The zero-order valence-corrected chi connectivity index (χ0v) is 7.47. The van der Waals surface area contributed by atoms with Gasteiger partial charge >= 0.3 is 5.69 Å². The van der Waals surface area contributed by atoms with Crippen LogP contribution in [0.5, 0.6) is 5.75 Å². The van der Waals surface area contributed by atoms with Gasteiger partial charge in [-0.15, -0.1) is 0 Å². The van der Waals surface area contributed by atoms with E-state index in [4.69, 9.17) is 10.5 Å². The van der Waals surface area contributed by atoms with Crippen molar-refractivity contribution < 1.29 is 10.0 Å². The molecule has 0 heterocycles. The van der Waals surface area contributed by atoms with Gasteiger partial charge in [0.25, 0.3) is 0 Å². The van der Waals surface area contributed by atoms with E-state index >= 15 is 0 Å². The van der Waals surface area contributed by atoms with E-state index in [2.05, 4.69) is 0 Å². The number of aromatic hydroxyl groups is 1. The Kier molecular flexibility index (Phi) is 2.85. The van der Waals surface area contributed by atoms with E-state index in [0.29, 0.717) is 0 Å². The van der Waals surface area contributed by atoms with Gasteiger partial charge in [-0.25, -0.2) is 0 Å². The molecule has 0 fully saturated rings. The maximum absolute atomic E-state index is 10.6. The van der Waals surface area contributed by atoms with E-state index in [1.165, 1.54) is 6.07 Å². The second-order valence-electron chi connectivity index (χ2n) is 2.66. The van der Waals surface area contributed by atoms with Crippen molar-refractivity contribution in [1.29, 1.82) is 10.5 Å². The lowest BCUT2D eigenvalue weighted by Gasteiger charge is -2.02. The summed E-state index contributed by atoms with van der Waals surface area (Å²) in [6.45, 7) is 0. The molecule has 0 atom stereocenters. The van der Waals surface area contributed by atoms with Crippen molar-refractivity contribution in [3.05, 3.63) is 33.4 Å². The number of hydrogen-bond donors (Lipinski definition) is 1. The van der Waals surface area contributed by atoms with Crippen molar-refractivity contribution in [3.8, 4) is 17.9 Å². The van der Waals surface area contributed by atoms with Gasteiger partial charge in [0.15, 0.2) is 5.75 Å². The highest BCUT2D eigenvalue weighted by atomic mass is 16.6. The van der Waals surface area contributed by atoms with Gasteiger partial charge in [0.1, 0.15) is 0 Å². The van der Waals surface area contributed by atoms with Crippen molar-refractivity contribution in [2.24, 2.45) is 0 Å². The Morgan fingerprint density at radius 3 is 2.60 bits per heavy atom. The molecule has 15 heavy (non-hydrogen) atoms. The van der Waals surface area contributed by atoms with Gasteiger partial charge in [0, 0.05) is 0 Å². The molecule has 6 heteroatoms. The smallest absolute Gasteiger partial charge is 0.316 e. The Labute approximate surface area is 84.8 Å². The van der Waals surface area contributed by atoms with Gasteiger partial charge in [-0.3, -0.25) is 10.1 Å². The fourth-order valence-electron chi connectivity index (χ4n) is 1.19. The van der Waals surface area contributed by atoms with Crippen LogP contribution >= 0.6 is 0 Å². The highest BCUT2D eigenvalue weighted by molar-refractivity contribution is 5.59. The number of nitrogens with zero attached hydrogens (tertiary/aromatic N) is 3. The molecule has 0 saturated heterocycles. The predicted octanol–water partition coefficient (Wildman–Crippen LogP) is 1.24. The maximum atomic E-state index is 10.6. The molecule has 1 aromatic rings. The first-order valence-corrected chi connectivity index (χ1v) is 3.88. The van der Waals surface area contributed by atoms with Crippen molar-refractivity contribution in [2.45, 2.75) is 6.42 Å². The second-order valence-corrected chi connectivity index (χ2v) is 2.66. The van der Waals surface area contributed by atoms with Crippen LogP contribution in [0.15, 0.2) is 12.1 Å². The Bertz CT molecular complexity index is 497. The van der Waals surface area contributed by atoms with Crippen molar-refractivity contribution >= 4 is 5.69 Å². The standard InChI is InChI=1S/C9H5N3O3/c10-4-3-7-6(5-11)1-2-8(13)9(7)12(14)15/h1-2,13H,3H2.